The van der Waals surface area contributed by atoms with E-state index in [9.17, 15) is 4.79 Å². The Morgan fingerprint density at radius 1 is 1.00 bits per heavy atom. The first-order chi connectivity index (χ1) is 15.9. The van der Waals surface area contributed by atoms with Crippen molar-refractivity contribution in [1.82, 2.24) is 19.6 Å². The summed E-state index contributed by atoms with van der Waals surface area (Å²) in [4.78, 5) is 17.3. The predicted octanol–water partition coefficient (Wildman–Crippen LogP) is 3.30. The normalized spacial score (nSPS) is 16.8. The van der Waals surface area contributed by atoms with Gasteiger partial charge in [-0.15, -0.1) is 0 Å². The van der Waals surface area contributed by atoms with Gasteiger partial charge in [-0.1, -0.05) is 36.4 Å². The molecule has 1 aliphatic heterocycles. The molecule has 0 radical (unpaired) electrons. The number of benzene rings is 2. The second-order valence-corrected chi connectivity index (χ2v) is 8.58. The number of rotatable bonds is 7. The lowest BCUT2D eigenvalue weighted by molar-refractivity contribution is -0.140. The molecule has 1 aliphatic rings. The number of hydrogen-bond donors (Lipinski definition) is 0. The van der Waals surface area contributed by atoms with Gasteiger partial charge in [-0.2, -0.15) is 5.10 Å². The van der Waals surface area contributed by atoms with Crippen LogP contribution in [0.5, 0.6) is 11.6 Å². The minimum atomic E-state index is -0.237. The van der Waals surface area contributed by atoms with Crippen molar-refractivity contribution in [2.75, 3.05) is 34.4 Å². The van der Waals surface area contributed by atoms with E-state index in [4.69, 9.17) is 9.47 Å². The highest BCUT2D eigenvalue weighted by Crippen LogP contribution is 2.28. The van der Waals surface area contributed by atoms with Crippen LogP contribution in [0.15, 0.2) is 48.5 Å². The van der Waals surface area contributed by atoms with Crippen LogP contribution in [0.1, 0.15) is 16.8 Å². The number of piperazine rings is 1. The summed E-state index contributed by atoms with van der Waals surface area (Å²) in [5, 5.41) is 4.51. The van der Waals surface area contributed by atoms with Gasteiger partial charge in [0.15, 0.2) is 0 Å². The number of aryl methyl sites for hydroxylation is 2. The molecular weight excluding hydrogens is 416 g/mol. The Balaban J connectivity index is 1.59. The van der Waals surface area contributed by atoms with Gasteiger partial charge < -0.3 is 14.4 Å². The fourth-order valence-electron chi connectivity index (χ4n) is 4.57. The second-order valence-electron chi connectivity index (χ2n) is 8.58. The SMILES string of the molecule is COc1ccc(-c2cccc(C[C@@H]3C(=O)N(C)CCN3Cc3c(C)nn(C)c3OC)c2)cc1. The number of ether oxygens (including phenoxy) is 2. The molecule has 174 valence electrons. The zero-order chi connectivity index (χ0) is 23.5. The maximum Gasteiger partial charge on any atom is 0.240 e. The molecule has 1 fully saturated rings. The van der Waals surface area contributed by atoms with Crippen LogP contribution in [0, 0.1) is 6.92 Å². The molecule has 0 unspecified atom stereocenters. The number of aromatic nitrogens is 2. The number of hydrogen-bond acceptors (Lipinski definition) is 5. The molecule has 2 aromatic carbocycles. The van der Waals surface area contributed by atoms with E-state index in [1.807, 2.05) is 38.1 Å². The van der Waals surface area contributed by atoms with E-state index in [0.717, 1.165) is 46.1 Å². The van der Waals surface area contributed by atoms with Crippen LogP contribution >= 0.6 is 0 Å². The number of likely N-dealkylation sites (N-methyl/N-ethyl adjacent to an activating group) is 1. The molecule has 1 aromatic heterocycles. The molecule has 0 N–H and O–H groups in total. The van der Waals surface area contributed by atoms with Crippen molar-refractivity contribution in [3.8, 4) is 22.8 Å². The summed E-state index contributed by atoms with van der Waals surface area (Å²) >= 11 is 0. The maximum absolute atomic E-state index is 13.2. The number of methoxy groups -OCH3 is 2. The fourth-order valence-corrected chi connectivity index (χ4v) is 4.57. The van der Waals surface area contributed by atoms with Gasteiger partial charge in [0.2, 0.25) is 11.8 Å². The van der Waals surface area contributed by atoms with Crippen LogP contribution in [0.25, 0.3) is 11.1 Å². The van der Waals surface area contributed by atoms with Crippen LogP contribution in [0.3, 0.4) is 0 Å². The van der Waals surface area contributed by atoms with Crippen LogP contribution in [-0.2, 0) is 24.8 Å². The molecule has 0 spiro atoms. The highest BCUT2D eigenvalue weighted by atomic mass is 16.5. The molecule has 7 nitrogen and oxygen atoms in total. The number of carbonyl (C=O) groups is 1. The van der Waals surface area contributed by atoms with Gasteiger partial charge in [0, 0.05) is 33.7 Å². The van der Waals surface area contributed by atoms with Crippen molar-refractivity contribution < 1.29 is 14.3 Å². The second kappa shape index (κ2) is 9.67. The molecule has 3 aromatic rings. The van der Waals surface area contributed by atoms with E-state index >= 15 is 0 Å². The lowest BCUT2D eigenvalue weighted by atomic mass is 9.97. The summed E-state index contributed by atoms with van der Waals surface area (Å²) in [5.74, 6) is 1.73. The summed E-state index contributed by atoms with van der Waals surface area (Å²) in [5.41, 5.74) is 5.35. The largest absolute Gasteiger partial charge is 0.497 e. The predicted molar refractivity (Wildman–Crippen MR) is 128 cm³/mol. The van der Waals surface area contributed by atoms with Crippen molar-refractivity contribution in [1.29, 1.82) is 0 Å². The van der Waals surface area contributed by atoms with Gasteiger partial charge in [-0.05, 0) is 42.2 Å². The molecule has 33 heavy (non-hydrogen) atoms. The summed E-state index contributed by atoms with van der Waals surface area (Å²) in [6.45, 7) is 4.14. The number of carbonyl (C=O) groups excluding carboxylic acids is 1. The Bertz CT molecular complexity index is 1120. The summed E-state index contributed by atoms with van der Waals surface area (Å²) in [7, 11) is 7.10. The zero-order valence-electron chi connectivity index (χ0n) is 20.0. The number of nitrogens with zero attached hydrogens (tertiary/aromatic N) is 4. The minimum Gasteiger partial charge on any atom is -0.497 e. The lowest BCUT2D eigenvalue weighted by Crippen LogP contribution is -2.56. The number of amides is 1. The van der Waals surface area contributed by atoms with Crippen molar-refractivity contribution >= 4 is 5.91 Å². The third-order valence-electron chi connectivity index (χ3n) is 6.45. The van der Waals surface area contributed by atoms with Crippen molar-refractivity contribution in [2.24, 2.45) is 7.05 Å². The van der Waals surface area contributed by atoms with Crippen molar-refractivity contribution in [2.45, 2.75) is 25.9 Å². The first kappa shape index (κ1) is 22.9. The fraction of sp³-hybridized carbons (Fsp3) is 0.385. The van der Waals surface area contributed by atoms with Gasteiger partial charge in [-0.3, -0.25) is 9.69 Å². The van der Waals surface area contributed by atoms with Gasteiger partial charge in [-0.25, -0.2) is 4.68 Å². The zero-order valence-corrected chi connectivity index (χ0v) is 20.0. The molecule has 1 amide bonds. The van der Waals surface area contributed by atoms with Crippen LogP contribution in [0.2, 0.25) is 0 Å². The van der Waals surface area contributed by atoms with Crippen LogP contribution < -0.4 is 9.47 Å². The van der Waals surface area contributed by atoms with E-state index in [-0.39, 0.29) is 11.9 Å². The third-order valence-corrected chi connectivity index (χ3v) is 6.45. The Morgan fingerprint density at radius 3 is 2.45 bits per heavy atom. The average molecular weight is 449 g/mol. The van der Waals surface area contributed by atoms with Crippen molar-refractivity contribution in [3.05, 3.63) is 65.4 Å². The van der Waals surface area contributed by atoms with Crippen molar-refractivity contribution in [3.63, 3.8) is 0 Å². The first-order valence-electron chi connectivity index (χ1n) is 11.2. The van der Waals surface area contributed by atoms with E-state index < -0.39 is 0 Å². The smallest absolute Gasteiger partial charge is 0.240 e. The Hall–Kier alpha value is -3.32. The van der Waals surface area contributed by atoms with Gasteiger partial charge >= 0.3 is 0 Å². The van der Waals surface area contributed by atoms with Crippen LogP contribution in [0.4, 0.5) is 0 Å². The maximum atomic E-state index is 13.2. The lowest BCUT2D eigenvalue weighted by Gasteiger charge is -2.39. The van der Waals surface area contributed by atoms with Gasteiger partial charge in [0.25, 0.3) is 0 Å². The highest BCUT2D eigenvalue weighted by Gasteiger charge is 2.34. The average Bonchev–Trinajstić information content (AvgIpc) is 3.10. The monoisotopic (exact) mass is 448 g/mol. The summed E-state index contributed by atoms with van der Waals surface area (Å²) < 4.78 is 12.6. The van der Waals surface area contributed by atoms with Gasteiger partial charge in [0.1, 0.15) is 5.75 Å². The summed E-state index contributed by atoms with van der Waals surface area (Å²) in [6.07, 6.45) is 0.648. The Labute approximate surface area is 195 Å². The van der Waals surface area contributed by atoms with E-state index in [1.54, 1.807) is 18.9 Å². The minimum absolute atomic E-state index is 0.150. The molecular formula is C26H32N4O3. The van der Waals surface area contributed by atoms with E-state index in [2.05, 4.69) is 46.4 Å². The Morgan fingerprint density at radius 2 is 1.76 bits per heavy atom. The van der Waals surface area contributed by atoms with E-state index in [0.29, 0.717) is 19.5 Å². The standard InChI is InChI=1S/C26H32N4O3/c1-18-23(26(33-5)29(3)27-18)17-30-14-13-28(2)25(31)24(30)16-19-7-6-8-21(15-19)20-9-11-22(32-4)12-10-20/h6-12,15,24H,13-14,16-17H2,1-5H3/t24-/m1/s1. The molecule has 4 rings (SSSR count). The summed E-state index contributed by atoms with van der Waals surface area (Å²) in [6, 6.07) is 16.2. The molecule has 1 saturated heterocycles. The highest BCUT2D eigenvalue weighted by molar-refractivity contribution is 5.83. The quantitative estimate of drug-likeness (QED) is 0.555. The molecule has 2 heterocycles. The topological polar surface area (TPSA) is 59.8 Å². The third kappa shape index (κ3) is 4.73. The van der Waals surface area contributed by atoms with Crippen LogP contribution in [-0.4, -0.2) is 65.9 Å². The molecule has 0 aliphatic carbocycles. The molecule has 7 heteroatoms. The van der Waals surface area contributed by atoms with E-state index in [1.165, 1.54) is 0 Å². The van der Waals surface area contributed by atoms with Gasteiger partial charge in [0.05, 0.1) is 31.5 Å². The molecule has 0 saturated carbocycles. The molecule has 0 bridgehead atoms. The first-order valence-corrected chi connectivity index (χ1v) is 11.2. The Kier molecular flexibility index (Phi) is 6.70. The molecule has 1 atom stereocenters.